The van der Waals surface area contributed by atoms with Gasteiger partial charge in [-0.1, -0.05) is 30.1 Å². The molecule has 2 atom stereocenters. The number of aromatic nitrogens is 4. The van der Waals surface area contributed by atoms with E-state index in [2.05, 4.69) is 17.0 Å². The van der Waals surface area contributed by atoms with Crippen LogP contribution in [0, 0.1) is 5.92 Å². The van der Waals surface area contributed by atoms with Crippen LogP contribution in [0.1, 0.15) is 30.7 Å². The quantitative estimate of drug-likeness (QED) is 0.697. The SMILES string of the molecule is COc1ccc2nc(Cn3nc(Cl)cc3Cl)cc(=O)n2c1C1CC1C. The second-order valence-corrected chi connectivity index (χ2v) is 7.11. The fourth-order valence-corrected chi connectivity index (χ4v) is 3.63. The number of fused-ring (bicyclic) bond motifs is 1. The van der Waals surface area contributed by atoms with Gasteiger partial charge in [-0.3, -0.25) is 9.20 Å². The molecule has 0 radical (unpaired) electrons. The van der Waals surface area contributed by atoms with Gasteiger partial charge in [-0.2, -0.15) is 5.10 Å². The summed E-state index contributed by atoms with van der Waals surface area (Å²) in [5.41, 5.74) is 1.93. The summed E-state index contributed by atoms with van der Waals surface area (Å²) in [6.07, 6.45) is 1.05. The zero-order chi connectivity index (χ0) is 17.7. The number of hydrogen-bond donors (Lipinski definition) is 0. The van der Waals surface area contributed by atoms with Crippen LogP contribution in [0.15, 0.2) is 29.1 Å². The van der Waals surface area contributed by atoms with E-state index >= 15 is 0 Å². The molecule has 1 saturated carbocycles. The predicted molar refractivity (Wildman–Crippen MR) is 95.9 cm³/mol. The molecular formula is C17H16Cl2N4O2. The molecular weight excluding hydrogens is 363 g/mol. The minimum atomic E-state index is -0.137. The smallest absolute Gasteiger partial charge is 0.258 e. The molecule has 0 bridgehead atoms. The molecule has 0 spiro atoms. The monoisotopic (exact) mass is 378 g/mol. The Kier molecular flexibility index (Phi) is 3.96. The first-order chi connectivity index (χ1) is 12.0. The van der Waals surface area contributed by atoms with Crippen LogP contribution >= 0.6 is 23.2 Å². The molecule has 1 aliphatic carbocycles. The van der Waals surface area contributed by atoms with Gasteiger partial charge in [0.2, 0.25) is 0 Å². The van der Waals surface area contributed by atoms with E-state index in [0.29, 0.717) is 33.5 Å². The van der Waals surface area contributed by atoms with Gasteiger partial charge in [-0.05, 0) is 24.5 Å². The maximum atomic E-state index is 12.8. The predicted octanol–water partition coefficient (Wildman–Crippen LogP) is 3.38. The average Bonchev–Trinajstić information content (AvgIpc) is 3.20. The lowest BCUT2D eigenvalue weighted by Gasteiger charge is -2.13. The van der Waals surface area contributed by atoms with Gasteiger partial charge >= 0.3 is 0 Å². The van der Waals surface area contributed by atoms with Crippen LogP contribution < -0.4 is 10.3 Å². The second-order valence-electron chi connectivity index (χ2n) is 6.33. The molecule has 0 aromatic carbocycles. The van der Waals surface area contributed by atoms with E-state index in [1.807, 2.05) is 6.07 Å². The second kappa shape index (κ2) is 6.04. The maximum absolute atomic E-state index is 12.8. The number of methoxy groups -OCH3 is 1. The highest BCUT2D eigenvalue weighted by Gasteiger charge is 2.38. The number of nitrogens with zero attached hydrogens (tertiary/aromatic N) is 4. The Morgan fingerprint density at radius 1 is 1.32 bits per heavy atom. The topological polar surface area (TPSA) is 61.4 Å². The van der Waals surface area contributed by atoms with E-state index in [-0.39, 0.29) is 12.1 Å². The van der Waals surface area contributed by atoms with Crippen LogP contribution in [0.2, 0.25) is 10.3 Å². The lowest BCUT2D eigenvalue weighted by atomic mass is 10.2. The number of pyridine rings is 1. The first kappa shape index (κ1) is 16.4. The third kappa shape index (κ3) is 2.89. The van der Waals surface area contributed by atoms with Crippen molar-refractivity contribution in [2.45, 2.75) is 25.8 Å². The van der Waals surface area contributed by atoms with Crippen molar-refractivity contribution in [1.82, 2.24) is 19.2 Å². The Bertz CT molecular complexity index is 1030. The van der Waals surface area contributed by atoms with Crippen molar-refractivity contribution in [1.29, 1.82) is 0 Å². The van der Waals surface area contributed by atoms with Crippen LogP contribution in [0.25, 0.3) is 5.65 Å². The van der Waals surface area contributed by atoms with Gasteiger partial charge in [0.05, 0.1) is 25.0 Å². The van der Waals surface area contributed by atoms with Crippen molar-refractivity contribution in [3.05, 3.63) is 56.3 Å². The molecule has 3 aromatic rings. The van der Waals surface area contributed by atoms with Gasteiger partial charge in [0, 0.05) is 18.1 Å². The zero-order valence-corrected chi connectivity index (χ0v) is 15.3. The minimum Gasteiger partial charge on any atom is -0.495 e. The fraction of sp³-hybridized carbons (Fsp3) is 0.353. The van der Waals surface area contributed by atoms with Crippen LogP contribution in [0.3, 0.4) is 0 Å². The summed E-state index contributed by atoms with van der Waals surface area (Å²) in [6.45, 7) is 2.44. The van der Waals surface area contributed by atoms with E-state index in [0.717, 1.165) is 17.9 Å². The summed E-state index contributed by atoms with van der Waals surface area (Å²) >= 11 is 11.9. The van der Waals surface area contributed by atoms with Crippen LogP contribution in [-0.2, 0) is 6.54 Å². The van der Waals surface area contributed by atoms with E-state index in [9.17, 15) is 4.79 Å². The molecule has 3 aromatic heterocycles. The first-order valence-corrected chi connectivity index (χ1v) is 8.72. The summed E-state index contributed by atoms with van der Waals surface area (Å²) < 4.78 is 8.63. The number of hydrogen-bond acceptors (Lipinski definition) is 4. The van der Waals surface area contributed by atoms with Crippen LogP contribution in [0.4, 0.5) is 0 Å². The maximum Gasteiger partial charge on any atom is 0.258 e. The molecule has 0 amide bonds. The Morgan fingerprint density at radius 3 is 2.68 bits per heavy atom. The molecule has 1 fully saturated rings. The molecule has 0 saturated heterocycles. The highest BCUT2D eigenvalue weighted by atomic mass is 35.5. The molecule has 0 aliphatic heterocycles. The van der Waals surface area contributed by atoms with Gasteiger partial charge in [0.1, 0.15) is 16.5 Å². The van der Waals surface area contributed by atoms with Crippen molar-refractivity contribution in [2.24, 2.45) is 5.92 Å². The number of halogens is 2. The van der Waals surface area contributed by atoms with E-state index in [1.54, 1.807) is 23.6 Å². The van der Waals surface area contributed by atoms with Crippen molar-refractivity contribution >= 4 is 28.8 Å². The molecule has 6 nitrogen and oxygen atoms in total. The van der Waals surface area contributed by atoms with Crippen LogP contribution in [-0.4, -0.2) is 26.3 Å². The molecule has 0 N–H and O–H groups in total. The summed E-state index contributed by atoms with van der Waals surface area (Å²) in [5, 5.41) is 4.79. The average molecular weight is 379 g/mol. The lowest BCUT2D eigenvalue weighted by molar-refractivity contribution is 0.405. The van der Waals surface area contributed by atoms with Gasteiger partial charge < -0.3 is 4.74 Å². The van der Waals surface area contributed by atoms with Crippen molar-refractivity contribution in [2.75, 3.05) is 7.11 Å². The molecule has 3 heterocycles. The number of ether oxygens (including phenoxy) is 1. The molecule has 130 valence electrons. The standard InChI is InChI=1S/C17H16Cl2N4O2/c1-9-5-11(9)17-12(25-2)3-4-15-20-10(6-16(24)23(15)17)8-22-14(19)7-13(18)21-22/h3-4,6-7,9,11H,5,8H2,1-2H3. The molecule has 2 unspecified atom stereocenters. The zero-order valence-electron chi connectivity index (χ0n) is 13.7. The highest BCUT2D eigenvalue weighted by molar-refractivity contribution is 6.33. The van der Waals surface area contributed by atoms with Gasteiger partial charge in [0.15, 0.2) is 5.15 Å². The normalized spacial score (nSPS) is 19.4. The molecule has 4 rings (SSSR count). The molecule has 8 heteroatoms. The lowest BCUT2D eigenvalue weighted by Crippen LogP contribution is -2.20. The first-order valence-electron chi connectivity index (χ1n) is 7.96. The summed E-state index contributed by atoms with van der Waals surface area (Å²) in [7, 11) is 1.62. The van der Waals surface area contributed by atoms with Crippen molar-refractivity contribution in [3.8, 4) is 5.75 Å². The number of rotatable bonds is 4. The van der Waals surface area contributed by atoms with Gasteiger partial charge in [-0.25, -0.2) is 9.67 Å². The largest absolute Gasteiger partial charge is 0.495 e. The summed E-state index contributed by atoms with van der Waals surface area (Å²) in [6, 6.07) is 6.71. The van der Waals surface area contributed by atoms with Crippen molar-refractivity contribution in [3.63, 3.8) is 0 Å². The van der Waals surface area contributed by atoms with E-state index < -0.39 is 0 Å². The minimum absolute atomic E-state index is 0.137. The van der Waals surface area contributed by atoms with Crippen molar-refractivity contribution < 1.29 is 4.74 Å². The summed E-state index contributed by atoms with van der Waals surface area (Å²) in [5.74, 6) is 1.58. The Balaban J connectivity index is 1.83. The van der Waals surface area contributed by atoms with Crippen LogP contribution in [0.5, 0.6) is 5.75 Å². The molecule has 25 heavy (non-hydrogen) atoms. The fourth-order valence-electron chi connectivity index (χ4n) is 3.18. The Hall–Kier alpha value is -2.05. The van der Waals surface area contributed by atoms with Gasteiger partial charge in [-0.15, -0.1) is 0 Å². The molecule has 1 aliphatic rings. The highest BCUT2D eigenvalue weighted by Crippen LogP contribution is 2.49. The Morgan fingerprint density at radius 2 is 2.08 bits per heavy atom. The summed E-state index contributed by atoms with van der Waals surface area (Å²) in [4.78, 5) is 17.4. The van der Waals surface area contributed by atoms with E-state index in [4.69, 9.17) is 27.9 Å². The van der Waals surface area contributed by atoms with E-state index in [1.165, 1.54) is 10.7 Å². The van der Waals surface area contributed by atoms with Gasteiger partial charge in [0.25, 0.3) is 5.56 Å². The third-order valence-electron chi connectivity index (χ3n) is 4.57. The Labute approximate surface area is 154 Å². The third-order valence-corrected chi connectivity index (χ3v) is 5.06.